The second-order valence-corrected chi connectivity index (χ2v) is 7.98. The number of alkyl halides is 1. The van der Waals surface area contributed by atoms with Gasteiger partial charge < -0.3 is 21.1 Å². The van der Waals surface area contributed by atoms with E-state index in [0.29, 0.717) is 31.0 Å². The molecule has 170 valence electrons. The van der Waals surface area contributed by atoms with E-state index < -0.39 is 29.3 Å². The number of hydrogen-bond acceptors (Lipinski definition) is 6. The topological polar surface area (TPSA) is 109 Å². The van der Waals surface area contributed by atoms with Crippen molar-refractivity contribution < 1.29 is 23.1 Å². The maximum Gasteiger partial charge on any atom is 0.259 e. The quantitative estimate of drug-likeness (QED) is 0.564. The molecule has 8 nitrogen and oxygen atoms in total. The van der Waals surface area contributed by atoms with Crippen molar-refractivity contribution in [2.75, 3.05) is 30.3 Å². The van der Waals surface area contributed by atoms with E-state index in [4.69, 9.17) is 5.73 Å². The van der Waals surface area contributed by atoms with Crippen molar-refractivity contribution in [3.05, 3.63) is 53.7 Å². The third-order valence-electron chi connectivity index (χ3n) is 5.52. The van der Waals surface area contributed by atoms with Crippen LogP contribution in [0.5, 0.6) is 0 Å². The molecule has 3 heterocycles. The lowest BCUT2D eigenvalue weighted by Crippen LogP contribution is -2.39. The fraction of sp³-hybridized carbons (Fsp3) is 0.381. The number of rotatable bonds is 4. The molecule has 5 rings (SSSR count). The Bertz CT molecular complexity index is 1100. The van der Waals surface area contributed by atoms with E-state index in [1.54, 1.807) is 12.3 Å². The minimum absolute atomic E-state index is 0.0793. The Labute approximate surface area is 181 Å². The molecule has 1 saturated carbocycles. The normalized spacial score (nSPS) is 18.9. The largest absolute Gasteiger partial charge is 0.394 e. The van der Waals surface area contributed by atoms with Gasteiger partial charge in [0.05, 0.1) is 18.7 Å². The van der Waals surface area contributed by atoms with Gasteiger partial charge in [0.2, 0.25) is 0 Å². The highest BCUT2D eigenvalue weighted by molar-refractivity contribution is 6.04. The number of anilines is 2. The molecule has 1 atom stereocenters. The molecule has 1 unspecified atom stereocenters. The van der Waals surface area contributed by atoms with Crippen LogP contribution in [0.15, 0.2) is 36.5 Å². The van der Waals surface area contributed by atoms with Gasteiger partial charge in [-0.05, 0) is 49.6 Å². The molecule has 1 aliphatic heterocycles. The first-order chi connectivity index (χ1) is 15.3. The average molecular weight is 448 g/mol. The third-order valence-corrected chi connectivity index (χ3v) is 5.52. The number of nitrogens with one attached hydrogen (secondary N) is 1. The Morgan fingerprint density at radius 2 is 1.88 bits per heavy atom. The van der Waals surface area contributed by atoms with Gasteiger partial charge in [-0.3, -0.25) is 4.79 Å². The zero-order valence-electron chi connectivity index (χ0n) is 17.1. The summed E-state index contributed by atoms with van der Waals surface area (Å²) in [5.41, 5.74) is 5.86. The maximum atomic E-state index is 13.4. The number of halogens is 3. The number of carbonyl (C=O) groups is 1. The van der Waals surface area contributed by atoms with Crippen molar-refractivity contribution in [2.24, 2.45) is 0 Å². The molecule has 32 heavy (non-hydrogen) atoms. The van der Waals surface area contributed by atoms with Gasteiger partial charge in [-0.15, -0.1) is 5.10 Å². The minimum atomic E-state index is -0.861. The smallest absolute Gasteiger partial charge is 0.259 e. The van der Waals surface area contributed by atoms with Crippen molar-refractivity contribution in [3.63, 3.8) is 0 Å². The lowest BCUT2D eigenvalue weighted by molar-refractivity contribution is 0.0909. The lowest BCUT2D eigenvalue weighted by Gasteiger charge is -2.16. The lowest BCUT2D eigenvalue weighted by atomic mass is 10.2. The van der Waals surface area contributed by atoms with Gasteiger partial charge in [0.15, 0.2) is 11.5 Å². The van der Waals surface area contributed by atoms with Crippen LogP contribution >= 0.6 is 0 Å². The summed E-state index contributed by atoms with van der Waals surface area (Å²) in [6.45, 7) is 0.771. The van der Waals surface area contributed by atoms with Gasteiger partial charge in [-0.25, -0.2) is 22.7 Å². The number of nitrogen functional groups attached to an aromatic ring is 1. The van der Waals surface area contributed by atoms with Crippen molar-refractivity contribution >= 4 is 23.2 Å². The van der Waals surface area contributed by atoms with E-state index >= 15 is 0 Å². The molecule has 0 spiro atoms. The molecule has 1 aliphatic carbocycles. The van der Waals surface area contributed by atoms with Crippen LogP contribution in [0.3, 0.4) is 0 Å². The zero-order chi connectivity index (χ0) is 22.9. The molecule has 1 saturated heterocycles. The molecule has 1 amide bonds. The van der Waals surface area contributed by atoms with Crippen molar-refractivity contribution in [1.82, 2.24) is 19.9 Å². The standard InChI is InChI=1S/C15H19FN6O2.C6H4F2/c16-9-1-5-21(7-9)10-2-6-22-13(18-10)11(12(17)20-22)14(24)19-15(8-23)3-4-15;7-5-1-2-6(8)4-3-5/h2,6,9,23H,1,3-5,7-8H2,(H2,17,20)(H,19,24);1-4H. The molecule has 11 heteroatoms. The Morgan fingerprint density at radius 3 is 2.41 bits per heavy atom. The first-order valence-electron chi connectivity index (χ1n) is 10.2. The van der Waals surface area contributed by atoms with Gasteiger partial charge in [0.1, 0.15) is 29.2 Å². The number of fused-ring (bicyclic) bond motifs is 1. The Hall–Kier alpha value is -3.34. The molecule has 0 radical (unpaired) electrons. The number of aliphatic hydroxyl groups excluding tert-OH is 1. The molecule has 4 N–H and O–H groups in total. The van der Waals surface area contributed by atoms with E-state index in [1.807, 2.05) is 4.90 Å². The molecule has 2 aliphatic rings. The number of amides is 1. The third kappa shape index (κ3) is 4.62. The van der Waals surface area contributed by atoms with Crippen molar-refractivity contribution in [3.8, 4) is 0 Å². The van der Waals surface area contributed by atoms with Crippen LogP contribution in [0.25, 0.3) is 5.65 Å². The number of nitrogens with two attached hydrogens (primary N) is 1. The van der Waals surface area contributed by atoms with Crippen LogP contribution < -0.4 is 16.0 Å². The monoisotopic (exact) mass is 448 g/mol. The van der Waals surface area contributed by atoms with Crippen LogP contribution in [-0.4, -0.2) is 57.0 Å². The number of benzene rings is 1. The highest BCUT2D eigenvalue weighted by atomic mass is 19.1. The Balaban J connectivity index is 0.000000260. The second kappa shape index (κ2) is 8.65. The first kappa shape index (κ1) is 21.9. The van der Waals surface area contributed by atoms with Crippen molar-refractivity contribution in [1.29, 1.82) is 0 Å². The van der Waals surface area contributed by atoms with Crippen LogP contribution in [0.2, 0.25) is 0 Å². The summed E-state index contributed by atoms with van der Waals surface area (Å²) in [5, 5.41) is 16.3. The average Bonchev–Trinajstić information content (AvgIpc) is 3.26. The summed E-state index contributed by atoms with van der Waals surface area (Å²) >= 11 is 0. The van der Waals surface area contributed by atoms with E-state index in [-0.39, 0.29) is 18.0 Å². The molecular formula is C21H23F3N6O2. The zero-order valence-corrected chi connectivity index (χ0v) is 17.1. The number of hydrogen-bond donors (Lipinski definition) is 3. The highest BCUT2D eigenvalue weighted by Gasteiger charge is 2.44. The van der Waals surface area contributed by atoms with Gasteiger partial charge in [-0.1, -0.05) is 0 Å². The SMILES string of the molecule is Fc1ccc(F)cc1.Nc1nn2ccc(N3CCC(F)C3)nc2c1C(=O)NC1(CO)CC1. The number of aromatic nitrogens is 3. The minimum Gasteiger partial charge on any atom is -0.394 e. The summed E-state index contributed by atoms with van der Waals surface area (Å²) in [6, 6.07) is 6.05. The summed E-state index contributed by atoms with van der Waals surface area (Å²) in [7, 11) is 0. The fourth-order valence-corrected chi connectivity index (χ4v) is 3.46. The van der Waals surface area contributed by atoms with E-state index in [0.717, 1.165) is 37.1 Å². The molecular weight excluding hydrogens is 425 g/mol. The van der Waals surface area contributed by atoms with Crippen LogP contribution in [0, 0.1) is 11.6 Å². The highest BCUT2D eigenvalue weighted by Crippen LogP contribution is 2.35. The number of nitrogens with zero attached hydrogens (tertiary/aromatic N) is 4. The van der Waals surface area contributed by atoms with Crippen LogP contribution in [0.1, 0.15) is 29.6 Å². The maximum absolute atomic E-state index is 13.4. The molecule has 0 bridgehead atoms. The number of carbonyl (C=O) groups excluding carboxylic acids is 1. The summed E-state index contributed by atoms with van der Waals surface area (Å²) in [6.07, 6.45) is 2.74. The fourth-order valence-electron chi connectivity index (χ4n) is 3.46. The Morgan fingerprint density at radius 1 is 1.22 bits per heavy atom. The van der Waals surface area contributed by atoms with E-state index in [2.05, 4.69) is 15.4 Å². The van der Waals surface area contributed by atoms with Crippen molar-refractivity contribution in [2.45, 2.75) is 31.0 Å². The van der Waals surface area contributed by atoms with Gasteiger partial charge in [0.25, 0.3) is 5.91 Å². The Kier molecular flexibility index (Phi) is 5.92. The summed E-state index contributed by atoms with van der Waals surface area (Å²) < 4.78 is 38.7. The van der Waals surface area contributed by atoms with Crippen LogP contribution in [-0.2, 0) is 0 Å². The summed E-state index contributed by atoms with van der Waals surface area (Å²) in [5.74, 6) is -0.545. The molecule has 2 fully saturated rings. The molecule has 1 aromatic carbocycles. The van der Waals surface area contributed by atoms with Gasteiger partial charge in [-0.2, -0.15) is 0 Å². The predicted octanol–water partition coefficient (Wildman–Crippen LogP) is 2.08. The van der Waals surface area contributed by atoms with Gasteiger partial charge in [0, 0.05) is 12.7 Å². The van der Waals surface area contributed by atoms with Gasteiger partial charge >= 0.3 is 0 Å². The molecule has 3 aromatic rings. The number of aliphatic hydroxyl groups is 1. The first-order valence-corrected chi connectivity index (χ1v) is 10.2. The van der Waals surface area contributed by atoms with E-state index in [9.17, 15) is 23.1 Å². The van der Waals surface area contributed by atoms with Crippen LogP contribution in [0.4, 0.5) is 24.8 Å². The summed E-state index contributed by atoms with van der Waals surface area (Å²) in [4.78, 5) is 18.9. The second-order valence-electron chi connectivity index (χ2n) is 7.98. The predicted molar refractivity (Wildman–Crippen MR) is 112 cm³/mol. The van der Waals surface area contributed by atoms with E-state index in [1.165, 1.54) is 4.52 Å². The molecule has 2 aromatic heterocycles.